The molecule has 5 heteroatoms. The highest BCUT2D eigenvalue weighted by Crippen LogP contribution is 2.29. The number of rotatable bonds is 5. The molecular weight excluding hydrogens is 352 g/mol. The Morgan fingerprint density at radius 3 is 2.68 bits per heavy atom. The van der Waals surface area contributed by atoms with Crippen LogP contribution in [0.3, 0.4) is 0 Å². The minimum Gasteiger partial charge on any atom is -0.490 e. The summed E-state index contributed by atoms with van der Waals surface area (Å²) < 4.78 is 8.29. The predicted octanol–water partition coefficient (Wildman–Crippen LogP) is 4.49. The van der Waals surface area contributed by atoms with E-state index in [9.17, 15) is 4.79 Å². The summed E-state index contributed by atoms with van der Waals surface area (Å²) in [6, 6.07) is 14.5. The van der Waals surface area contributed by atoms with E-state index in [1.165, 1.54) is 11.1 Å². The third-order valence-corrected chi connectivity index (χ3v) is 5.72. The molecule has 0 saturated heterocycles. The zero-order valence-electron chi connectivity index (χ0n) is 16.4. The van der Waals surface area contributed by atoms with Gasteiger partial charge in [-0.25, -0.2) is 4.98 Å². The average molecular weight is 378 g/mol. The molecule has 1 N–H and O–H groups in total. The SMILES string of the molecule is Cc1cccc(Cc2nc3ccc(OC4CCC(C(=O)O)CC4)cc3n2C)c1. The van der Waals surface area contributed by atoms with Crippen molar-refractivity contribution in [3.05, 3.63) is 59.4 Å². The van der Waals surface area contributed by atoms with Gasteiger partial charge in [0.05, 0.1) is 23.1 Å². The highest BCUT2D eigenvalue weighted by molar-refractivity contribution is 5.77. The van der Waals surface area contributed by atoms with Crippen LogP contribution >= 0.6 is 0 Å². The van der Waals surface area contributed by atoms with E-state index in [1.54, 1.807) is 0 Å². The van der Waals surface area contributed by atoms with Gasteiger partial charge in [0.25, 0.3) is 0 Å². The van der Waals surface area contributed by atoms with Crippen LogP contribution in [0.25, 0.3) is 11.0 Å². The number of fused-ring (bicyclic) bond motifs is 1. The molecule has 4 rings (SSSR count). The van der Waals surface area contributed by atoms with Gasteiger partial charge in [-0.1, -0.05) is 29.8 Å². The molecule has 2 aromatic carbocycles. The number of carbonyl (C=O) groups is 1. The van der Waals surface area contributed by atoms with Crippen LogP contribution in [0.1, 0.15) is 42.6 Å². The van der Waals surface area contributed by atoms with E-state index in [2.05, 4.69) is 35.8 Å². The molecule has 1 aliphatic rings. The van der Waals surface area contributed by atoms with Gasteiger partial charge in [-0.15, -0.1) is 0 Å². The van der Waals surface area contributed by atoms with Gasteiger partial charge in [-0.3, -0.25) is 4.79 Å². The third-order valence-electron chi connectivity index (χ3n) is 5.72. The predicted molar refractivity (Wildman–Crippen MR) is 109 cm³/mol. The van der Waals surface area contributed by atoms with Crippen LogP contribution in [0.4, 0.5) is 0 Å². The number of hydrogen-bond acceptors (Lipinski definition) is 3. The number of ether oxygens (including phenoxy) is 1. The molecule has 1 aromatic heterocycles. The Bertz CT molecular complexity index is 1000. The van der Waals surface area contributed by atoms with Crippen LogP contribution < -0.4 is 4.74 Å². The topological polar surface area (TPSA) is 64.3 Å². The van der Waals surface area contributed by atoms with Gasteiger partial charge < -0.3 is 14.4 Å². The van der Waals surface area contributed by atoms with E-state index in [0.717, 1.165) is 41.9 Å². The molecule has 0 atom stereocenters. The highest BCUT2D eigenvalue weighted by Gasteiger charge is 2.27. The fraction of sp³-hybridized carbons (Fsp3) is 0.391. The number of aliphatic carboxylic acids is 1. The minimum atomic E-state index is -0.684. The standard InChI is InChI=1S/C23H26N2O3/c1-15-4-3-5-16(12-15)13-22-24-20-11-10-19(14-21(20)25(22)2)28-18-8-6-17(7-9-18)23(26)27/h3-5,10-12,14,17-18H,6-9,13H2,1-2H3,(H,26,27). The van der Waals surface area contributed by atoms with Crippen molar-refractivity contribution in [1.29, 1.82) is 0 Å². The van der Waals surface area contributed by atoms with Crippen LogP contribution in [0, 0.1) is 12.8 Å². The van der Waals surface area contributed by atoms with E-state index in [0.29, 0.717) is 12.8 Å². The first-order valence-corrected chi connectivity index (χ1v) is 9.90. The quantitative estimate of drug-likeness (QED) is 0.710. The van der Waals surface area contributed by atoms with Crippen molar-refractivity contribution in [2.75, 3.05) is 0 Å². The van der Waals surface area contributed by atoms with Gasteiger partial charge in [0.15, 0.2) is 0 Å². The first-order chi connectivity index (χ1) is 13.5. The number of hydrogen-bond donors (Lipinski definition) is 1. The van der Waals surface area contributed by atoms with E-state index in [1.807, 2.05) is 25.2 Å². The second-order valence-electron chi connectivity index (χ2n) is 7.83. The molecule has 0 aliphatic heterocycles. The van der Waals surface area contributed by atoms with Crippen molar-refractivity contribution >= 4 is 17.0 Å². The maximum Gasteiger partial charge on any atom is 0.306 e. The molecule has 1 aliphatic carbocycles. The zero-order chi connectivity index (χ0) is 19.7. The molecule has 1 heterocycles. The summed E-state index contributed by atoms with van der Waals surface area (Å²) in [6.45, 7) is 2.10. The van der Waals surface area contributed by atoms with Gasteiger partial charge in [0, 0.05) is 19.5 Å². The van der Waals surface area contributed by atoms with Gasteiger partial charge in [0.2, 0.25) is 0 Å². The minimum absolute atomic E-state index is 0.0908. The van der Waals surface area contributed by atoms with E-state index < -0.39 is 5.97 Å². The van der Waals surface area contributed by atoms with Crippen molar-refractivity contribution in [2.45, 2.75) is 45.1 Å². The van der Waals surface area contributed by atoms with Crippen LogP contribution in [0.5, 0.6) is 5.75 Å². The Morgan fingerprint density at radius 1 is 1.18 bits per heavy atom. The van der Waals surface area contributed by atoms with Crippen molar-refractivity contribution in [1.82, 2.24) is 9.55 Å². The van der Waals surface area contributed by atoms with E-state index >= 15 is 0 Å². The Morgan fingerprint density at radius 2 is 1.96 bits per heavy atom. The third kappa shape index (κ3) is 3.88. The number of carboxylic acid groups (broad SMARTS) is 1. The Labute approximate surface area is 165 Å². The number of aryl methyl sites for hydroxylation is 2. The van der Waals surface area contributed by atoms with Crippen LogP contribution in [-0.2, 0) is 18.3 Å². The molecule has 3 aromatic rings. The number of aromatic nitrogens is 2. The second kappa shape index (κ2) is 7.66. The molecule has 0 unspecified atom stereocenters. The monoisotopic (exact) mass is 378 g/mol. The smallest absolute Gasteiger partial charge is 0.306 e. The molecule has 5 nitrogen and oxygen atoms in total. The van der Waals surface area contributed by atoms with Crippen LogP contribution in [0.2, 0.25) is 0 Å². The molecule has 28 heavy (non-hydrogen) atoms. The number of benzene rings is 2. The average Bonchev–Trinajstić information content (AvgIpc) is 2.98. The molecule has 1 saturated carbocycles. The number of carboxylic acids is 1. The van der Waals surface area contributed by atoms with Gasteiger partial charge in [-0.2, -0.15) is 0 Å². The maximum atomic E-state index is 11.1. The van der Waals surface area contributed by atoms with Crippen LogP contribution in [0.15, 0.2) is 42.5 Å². The molecule has 1 fully saturated rings. The Kier molecular flexibility index (Phi) is 5.07. The Hall–Kier alpha value is -2.82. The molecule has 0 spiro atoms. The van der Waals surface area contributed by atoms with Gasteiger partial charge in [0.1, 0.15) is 11.6 Å². The summed E-state index contributed by atoms with van der Waals surface area (Å²) >= 11 is 0. The fourth-order valence-corrected chi connectivity index (χ4v) is 4.08. The van der Waals surface area contributed by atoms with Crippen molar-refractivity contribution in [3.8, 4) is 5.75 Å². The lowest BCUT2D eigenvalue weighted by Gasteiger charge is -2.26. The Balaban J connectivity index is 1.50. The van der Waals surface area contributed by atoms with Crippen molar-refractivity contribution < 1.29 is 14.6 Å². The van der Waals surface area contributed by atoms with Gasteiger partial charge in [-0.05, 0) is 50.3 Å². The fourth-order valence-electron chi connectivity index (χ4n) is 4.08. The lowest BCUT2D eigenvalue weighted by atomic mass is 9.87. The summed E-state index contributed by atoms with van der Waals surface area (Å²) in [5.74, 6) is 0.954. The second-order valence-corrected chi connectivity index (χ2v) is 7.83. The molecule has 0 bridgehead atoms. The molecule has 146 valence electrons. The maximum absolute atomic E-state index is 11.1. The lowest BCUT2D eigenvalue weighted by Crippen LogP contribution is -2.27. The van der Waals surface area contributed by atoms with Crippen LogP contribution in [-0.4, -0.2) is 26.7 Å². The van der Waals surface area contributed by atoms with E-state index in [-0.39, 0.29) is 12.0 Å². The van der Waals surface area contributed by atoms with Gasteiger partial charge >= 0.3 is 5.97 Å². The number of nitrogens with zero attached hydrogens (tertiary/aromatic N) is 2. The molecular formula is C23H26N2O3. The summed E-state index contributed by atoms with van der Waals surface area (Å²) in [4.78, 5) is 15.9. The molecule has 0 radical (unpaired) electrons. The highest BCUT2D eigenvalue weighted by atomic mass is 16.5. The first kappa shape index (κ1) is 18.5. The summed E-state index contributed by atoms with van der Waals surface area (Å²) in [5.41, 5.74) is 4.53. The molecule has 0 amide bonds. The summed E-state index contributed by atoms with van der Waals surface area (Å²) in [7, 11) is 2.04. The van der Waals surface area contributed by atoms with Crippen molar-refractivity contribution in [3.63, 3.8) is 0 Å². The zero-order valence-corrected chi connectivity index (χ0v) is 16.4. The van der Waals surface area contributed by atoms with E-state index in [4.69, 9.17) is 14.8 Å². The first-order valence-electron chi connectivity index (χ1n) is 9.90. The largest absolute Gasteiger partial charge is 0.490 e. The summed E-state index contributed by atoms with van der Waals surface area (Å²) in [6.07, 6.45) is 3.84. The normalized spacial score (nSPS) is 19.6. The lowest BCUT2D eigenvalue weighted by molar-refractivity contribution is -0.143. The summed E-state index contributed by atoms with van der Waals surface area (Å²) in [5, 5.41) is 9.14. The number of imidazole rings is 1. The van der Waals surface area contributed by atoms with Crippen molar-refractivity contribution in [2.24, 2.45) is 13.0 Å².